The van der Waals surface area contributed by atoms with Crippen LogP contribution in [0, 0.1) is 6.92 Å². The molecule has 0 bridgehead atoms. The predicted molar refractivity (Wildman–Crippen MR) is 112 cm³/mol. The lowest BCUT2D eigenvalue weighted by Gasteiger charge is -2.33. The van der Waals surface area contributed by atoms with E-state index < -0.39 is 5.97 Å². The molecule has 1 aromatic heterocycles. The summed E-state index contributed by atoms with van der Waals surface area (Å²) in [5.74, 6) is 1.00. The van der Waals surface area contributed by atoms with Crippen molar-refractivity contribution in [1.82, 2.24) is 14.9 Å². The molecular formula is C20H28N6O2. The number of likely N-dealkylation sites (N-methyl/N-ethyl adjacent to an activating group) is 1. The quantitative estimate of drug-likeness (QED) is 0.672. The van der Waals surface area contributed by atoms with E-state index >= 15 is 0 Å². The molecule has 1 aromatic carbocycles. The van der Waals surface area contributed by atoms with E-state index in [1.54, 1.807) is 0 Å². The number of nitrogen functional groups attached to an aromatic ring is 1. The zero-order valence-corrected chi connectivity index (χ0v) is 16.4. The molecule has 4 N–H and O–H groups in total. The maximum Gasteiger partial charge on any atom is 0.327 e. The van der Waals surface area contributed by atoms with E-state index in [0.717, 1.165) is 50.4 Å². The summed E-state index contributed by atoms with van der Waals surface area (Å²) in [6.07, 6.45) is 0.833. The fourth-order valence-corrected chi connectivity index (χ4v) is 2.64. The third-order valence-electron chi connectivity index (χ3n) is 4.33. The van der Waals surface area contributed by atoms with Crippen molar-refractivity contribution >= 4 is 23.6 Å². The largest absolute Gasteiger partial charge is 0.478 e. The van der Waals surface area contributed by atoms with Crippen LogP contribution < -0.4 is 16.0 Å². The number of benzene rings is 1. The minimum absolute atomic E-state index is 0.313. The number of aliphatic carboxylic acids is 1. The first-order valence-corrected chi connectivity index (χ1v) is 9.10. The van der Waals surface area contributed by atoms with Crippen molar-refractivity contribution in [2.24, 2.45) is 0 Å². The van der Waals surface area contributed by atoms with Crippen molar-refractivity contribution in [3.63, 3.8) is 0 Å². The van der Waals surface area contributed by atoms with Gasteiger partial charge in [-0.15, -0.1) is 0 Å². The third-order valence-corrected chi connectivity index (χ3v) is 4.33. The number of aromatic nitrogens is 2. The van der Waals surface area contributed by atoms with Gasteiger partial charge in [-0.25, -0.2) is 4.79 Å². The van der Waals surface area contributed by atoms with Crippen LogP contribution >= 0.6 is 0 Å². The van der Waals surface area contributed by atoms with Crippen LogP contribution in [0.4, 0.5) is 17.6 Å². The molecule has 1 fully saturated rings. The van der Waals surface area contributed by atoms with Gasteiger partial charge in [0.1, 0.15) is 11.6 Å². The molecule has 8 heteroatoms. The number of hydrogen-bond donors (Lipinski definition) is 3. The summed E-state index contributed by atoms with van der Waals surface area (Å²) < 4.78 is 0. The normalized spacial score (nSPS) is 14.0. The molecule has 0 saturated carbocycles. The Bertz CT molecular complexity index is 786. The third kappa shape index (κ3) is 6.88. The number of nitrogens with one attached hydrogen (secondary N) is 1. The van der Waals surface area contributed by atoms with Gasteiger partial charge in [-0.3, -0.25) is 0 Å². The molecule has 0 unspecified atom stereocenters. The molecule has 3 rings (SSSR count). The Hall–Kier alpha value is -3.13. The van der Waals surface area contributed by atoms with E-state index in [-0.39, 0.29) is 0 Å². The summed E-state index contributed by atoms with van der Waals surface area (Å²) in [6.45, 7) is 9.77. The first kappa shape index (κ1) is 21.2. The summed E-state index contributed by atoms with van der Waals surface area (Å²) in [4.78, 5) is 22.5. The fraction of sp³-hybridized carbons (Fsp3) is 0.350. The number of carbonyl (C=O) groups is 1. The molecule has 0 spiro atoms. The van der Waals surface area contributed by atoms with Gasteiger partial charge in [-0.1, -0.05) is 36.4 Å². The van der Waals surface area contributed by atoms with Gasteiger partial charge in [0.25, 0.3) is 0 Å². The van der Waals surface area contributed by atoms with Crippen LogP contribution in [0.15, 0.2) is 43.0 Å². The number of rotatable bonds is 5. The number of aryl methyl sites for hydroxylation is 1. The zero-order valence-electron chi connectivity index (χ0n) is 16.4. The number of hydrogen-bond acceptors (Lipinski definition) is 7. The number of anilines is 3. The Balaban J connectivity index is 0.000000500. The molecule has 2 aromatic rings. The molecule has 8 nitrogen and oxygen atoms in total. The summed E-state index contributed by atoms with van der Waals surface area (Å²) >= 11 is 0. The average Bonchev–Trinajstić information content (AvgIpc) is 2.68. The number of carboxylic acid groups (broad SMARTS) is 1. The number of carboxylic acids is 1. The number of nitrogens with two attached hydrogens (primary N) is 1. The second-order valence-corrected chi connectivity index (χ2v) is 6.64. The lowest BCUT2D eigenvalue weighted by atomic mass is 10.1. The Morgan fingerprint density at radius 2 is 1.86 bits per heavy atom. The molecule has 0 amide bonds. The van der Waals surface area contributed by atoms with Crippen LogP contribution in [0.5, 0.6) is 0 Å². The Morgan fingerprint density at radius 1 is 1.25 bits per heavy atom. The molecule has 28 heavy (non-hydrogen) atoms. The van der Waals surface area contributed by atoms with Crippen molar-refractivity contribution in [1.29, 1.82) is 0 Å². The van der Waals surface area contributed by atoms with E-state index in [1.807, 2.05) is 6.07 Å². The van der Waals surface area contributed by atoms with Gasteiger partial charge >= 0.3 is 5.97 Å². The van der Waals surface area contributed by atoms with Crippen molar-refractivity contribution in [3.8, 4) is 0 Å². The highest BCUT2D eigenvalue weighted by molar-refractivity contribution is 5.78. The molecule has 0 radical (unpaired) electrons. The van der Waals surface area contributed by atoms with Crippen LogP contribution in [0.1, 0.15) is 11.1 Å². The molecule has 1 saturated heterocycles. The Labute approximate surface area is 165 Å². The molecule has 2 heterocycles. The maximum absolute atomic E-state index is 9.25. The van der Waals surface area contributed by atoms with E-state index in [0.29, 0.717) is 5.95 Å². The van der Waals surface area contributed by atoms with Crippen molar-refractivity contribution in [2.75, 3.05) is 49.2 Å². The van der Waals surface area contributed by atoms with E-state index in [1.165, 1.54) is 11.1 Å². The number of piperazine rings is 1. The highest BCUT2D eigenvalue weighted by Gasteiger charge is 2.16. The van der Waals surface area contributed by atoms with Crippen LogP contribution in [-0.4, -0.2) is 59.2 Å². The monoisotopic (exact) mass is 384 g/mol. The Morgan fingerprint density at radius 3 is 2.43 bits per heavy atom. The van der Waals surface area contributed by atoms with Gasteiger partial charge in [0, 0.05) is 44.9 Å². The average molecular weight is 384 g/mol. The first-order valence-electron chi connectivity index (χ1n) is 9.10. The van der Waals surface area contributed by atoms with E-state index in [4.69, 9.17) is 10.8 Å². The lowest BCUT2D eigenvalue weighted by Crippen LogP contribution is -2.44. The Kier molecular flexibility index (Phi) is 7.76. The fourth-order valence-electron chi connectivity index (χ4n) is 2.64. The summed E-state index contributed by atoms with van der Waals surface area (Å²) in [6, 6.07) is 10.4. The van der Waals surface area contributed by atoms with Gasteiger partial charge in [0.2, 0.25) is 5.95 Å². The summed E-state index contributed by atoms with van der Waals surface area (Å²) in [5, 5.41) is 10.9. The second-order valence-electron chi connectivity index (χ2n) is 6.64. The molecule has 0 aliphatic carbocycles. The standard InChI is InChI=1S/C17H24N6.C3H4O2/c1-13-3-5-14(6-4-13)12-19-15-11-16(21-17(18)20-15)23-9-7-22(2)8-10-23;1-2-3(4)5/h3-6,11H,7-10,12H2,1-2H3,(H3,18,19,20,21);2H,1H2,(H,4,5). The van der Waals surface area contributed by atoms with E-state index in [9.17, 15) is 4.79 Å². The smallest absolute Gasteiger partial charge is 0.327 e. The predicted octanol–water partition coefficient (Wildman–Crippen LogP) is 1.99. The van der Waals surface area contributed by atoms with Gasteiger partial charge in [0.15, 0.2) is 0 Å². The SMILES string of the molecule is C=CC(=O)O.Cc1ccc(CNc2cc(N3CCN(C)CC3)nc(N)n2)cc1. The molecule has 150 valence electrons. The van der Waals surface area contributed by atoms with Crippen LogP contribution in [0.2, 0.25) is 0 Å². The van der Waals surface area contributed by atoms with E-state index in [2.05, 4.69) is 69.9 Å². The van der Waals surface area contributed by atoms with Crippen molar-refractivity contribution in [2.45, 2.75) is 13.5 Å². The second kappa shape index (κ2) is 10.3. The van der Waals surface area contributed by atoms with Gasteiger partial charge in [-0.05, 0) is 19.5 Å². The topological polar surface area (TPSA) is 108 Å². The zero-order chi connectivity index (χ0) is 20.5. The summed E-state index contributed by atoms with van der Waals surface area (Å²) in [5.41, 5.74) is 8.36. The van der Waals surface area contributed by atoms with Gasteiger partial charge in [-0.2, -0.15) is 9.97 Å². The summed E-state index contributed by atoms with van der Waals surface area (Å²) in [7, 11) is 2.14. The molecule has 1 aliphatic rings. The minimum atomic E-state index is -0.981. The van der Waals surface area contributed by atoms with Gasteiger partial charge < -0.3 is 26.0 Å². The van der Waals surface area contributed by atoms with Crippen LogP contribution in [0.3, 0.4) is 0 Å². The lowest BCUT2D eigenvalue weighted by molar-refractivity contribution is -0.131. The molecular weight excluding hydrogens is 356 g/mol. The van der Waals surface area contributed by atoms with Crippen molar-refractivity contribution in [3.05, 3.63) is 54.1 Å². The van der Waals surface area contributed by atoms with Crippen LogP contribution in [0.25, 0.3) is 0 Å². The highest BCUT2D eigenvalue weighted by atomic mass is 16.4. The van der Waals surface area contributed by atoms with Crippen molar-refractivity contribution < 1.29 is 9.90 Å². The highest BCUT2D eigenvalue weighted by Crippen LogP contribution is 2.19. The number of nitrogens with zero attached hydrogens (tertiary/aromatic N) is 4. The maximum atomic E-state index is 9.25. The minimum Gasteiger partial charge on any atom is -0.478 e. The molecule has 1 aliphatic heterocycles. The van der Waals surface area contributed by atoms with Gasteiger partial charge in [0.05, 0.1) is 0 Å². The van der Waals surface area contributed by atoms with Crippen LogP contribution in [-0.2, 0) is 11.3 Å². The first-order chi connectivity index (χ1) is 13.4. The molecule has 0 atom stereocenters.